The summed E-state index contributed by atoms with van der Waals surface area (Å²) in [5.74, 6) is 1.27. The highest BCUT2D eigenvalue weighted by Gasteiger charge is 2.31. The molecule has 0 aromatic carbocycles. The van der Waals surface area contributed by atoms with E-state index in [0.717, 1.165) is 56.8 Å². The van der Waals surface area contributed by atoms with Crippen LogP contribution in [-0.4, -0.2) is 63.5 Å². The smallest absolute Gasteiger partial charge is 0.256 e. The maximum absolute atomic E-state index is 12.9. The van der Waals surface area contributed by atoms with E-state index in [1.165, 1.54) is 5.56 Å². The predicted octanol–water partition coefficient (Wildman–Crippen LogP) is 1.86. The first-order valence-corrected chi connectivity index (χ1v) is 11.8. The number of piperidine rings is 1. The average molecular weight is 438 g/mol. The summed E-state index contributed by atoms with van der Waals surface area (Å²) in [5, 5.41) is 0. The fourth-order valence-electron chi connectivity index (χ4n) is 5.14. The quantitative estimate of drug-likeness (QED) is 0.785. The van der Waals surface area contributed by atoms with E-state index in [2.05, 4.69) is 20.9 Å². The number of carbonyl (C=O) groups excluding carboxylic acids is 1. The molecule has 0 atom stereocenters. The van der Waals surface area contributed by atoms with Gasteiger partial charge in [-0.1, -0.05) is 6.07 Å². The largest absolute Gasteiger partial charge is 0.381 e. The summed E-state index contributed by atoms with van der Waals surface area (Å²) in [6, 6.07) is 4.08. The van der Waals surface area contributed by atoms with Gasteiger partial charge < -0.3 is 14.6 Å². The number of ether oxygens (including phenoxy) is 1. The summed E-state index contributed by atoms with van der Waals surface area (Å²) >= 11 is 0. The number of pyridine rings is 1. The predicted molar refractivity (Wildman–Crippen MR) is 119 cm³/mol. The van der Waals surface area contributed by atoms with Gasteiger partial charge in [-0.2, -0.15) is 0 Å². The van der Waals surface area contributed by atoms with Gasteiger partial charge in [0.15, 0.2) is 0 Å². The molecular weight excluding hydrogens is 406 g/mol. The van der Waals surface area contributed by atoms with Crippen LogP contribution in [0.3, 0.4) is 0 Å². The number of aromatic nitrogens is 3. The highest BCUT2D eigenvalue weighted by atomic mass is 16.5. The molecule has 2 saturated heterocycles. The Balaban J connectivity index is 1.22. The molecule has 170 valence electrons. The van der Waals surface area contributed by atoms with Crippen molar-refractivity contribution in [3.8, 4) is 0 Å². The fraction of sp³-hybridized carbons (Fsp3) is 0.583. The van der Waals surface area contributed by atoms with Crippen LogP contribution < -0.4 is 5.56 Å². The first kappa shape index (κ1) is 21.3. The number of likely N-dealkylation sites (tertiary alicyclic amines) is 1. The lowest BCUT2D eigenvalue weighted by molar-refractivity contribution is -0.139. The van der Waals surface area contributed by atoms with Crippen molar-refractivity contribution in [1.29, 1.82) is 0 Å². The molecule has 8 heteroatoms. The summed E-state index contributed by atoms with van der Waals surface area (Å²) in [5.41, 5.74) is 2.69. The molecule has 0 spiro atoms. The zero-order valence-electron chi connectivity index (χ0n) is 18.5. The molecule has 2 fully saturated rings. The summed E-state index contributed by atoms with van der Waals surface area (Å²) in [4.78, 5) is 42.2. The Kier molecular flexibility index (Phi) is 6.32. The minimum atomic E-state index is -0.0766. The molecule has 5 heterocycles. The van der Waals surface area contributed by atoms with Crippen LogP contribution in [0, 0.1) is 5.92 Å². The molecule has 3 aliphatic heterocycles. The first-order valence-electron chi connectivity index (χ1n) is 11.8. The third-order valence-electron chi connectivity index (χ3n) is 7.07. The zero-order chi connectivity index (χ0) is 21.9. The lowest BCUT2D eigenvalue weighted by Gasteiger charge is -2.33. The summed E-state index contributed by atoms with van der Waals surface area (Å²) in [6.45, 7) is 5.17. The van der Waals surface area contributed by atoms with Gasteiger partial charge in [0.25, 0.3) is 5.56 Å². The van der Waals surface area contributed by atoms with Crippen molar-refractivity contribution in [3.05, 3.63) is 57.5 Å². The monoisotopic (exact) mass is 437 g/mol. The van der Waals surface area contributed by atoms with Gasteiger partial charge in [0.05, 0.1) is 17.8 Å². The van der Waals surface area contributed by atoms with E-state index in [4.69, 9.17) is 9.72 Å². The van der Waals surface area contributed by atoms with Crippen LogP contribution in [-0.2, 0) is 29.0 Å². The molecule has 0 aliphatic carbocycles. The summed E-state index contributed by atoms with van der Waals surface area (Å²) < 4.78 is 5.38. The van der Waals surface area contributed by atoms with Crippen molar-refractivity contribution in [1.82, 2.24) is 24.8 Å². The Morgan fingerprint density at radius 3 is 2.72 bits per heavy atom. The van der Waals surface area contributed by atoms with Crippen molar-refractivity contribution in [2.75, 3.05) is 32.8 Å². The van der Waals surface area contributed by atoms with Crippen LogP contribution in [0.5, 0.6) is 0 Å². The molecule has 2 aromatic rings. The lowest BCUT2D eigenvalue weighted by atomic mass is 9.94. The third-order valence-corrected chi connectivity index (χ3v) is 7.07. The van der Waals surface area contributed by atoms with E-state index in [1.807, 2.05) is 17.2 Å². The Morgan fingerprint density at radius 2 is 1.97 bits per heavy atom. The number of nitrogens with one attached hydrogen (secondary N) is 1. The van der Waals surface area contributed by atoms with Gasteiger partial charge in [0.1, 0.15) is 5.82 Å². The Labute approximate surface area is 188 Å². The van der Waals surface area contributed by atoms with Crippen LogP contribution >= 0.6 is 0 Å². The number of amides is 1. The van der Waals surface area contributed by atoms with Gasteiger partial charge in [0.2, 0.25) is 5.91 Å². The molecule has 0 saturated carbocycles. The summed E-state index contributed by atoms with van der Waals surface area (Å²) in [6.07, 6.45) is 7.89. The molecule has 5 rings (SSSR count). The van der Waals surface area contributed by atoms with Gasteiger partial charge in [-0.15, -0.1) is 0 Å². The van der Waals surface area contributed by atoms with Crippen LogP contribution in [0.15, 0.2) is 29.3 Å². The van der Waals surface area contributed by atoms with E-state index in [1.54, 1.807) is 6.20 Å². The molecule has 32 heavy (non-hydrogen) atoms. The van der Waals surface area contributed by atoms with Crippen molar-refractivity contribution in [3.63, 3.8) is 0 Å². The molecule has 2 aromatic heterocycles. The molecule has 0 bridgehead atoms. The standard InChI is InChI=1S/C24H31N5O3/c30-23-20-16-29(24(31)19-6-12-32-13-7-19)11-5-21(20)26-22(27-23)18-3-9-28(10-4-18)15-17-2-1-8-25-14-17/h1-2,8,14,18-19H,3-7,9-13,15-16H2,(H,26,27,30). The highest BCUT2D eigenvalue weighted by Crippen LogP contribution is 2.27. The number of hydrogen-bond acceptors (Lipinski definition) is 6. The highest BCUT2D eigenvalue weighted by molar-refractivity contribution is 5.79. The van der Waals surface area contributed by atoms with Crippen molar-refractivity contribution < 1.29 is 9.53 Å². The third kappa shape index (κ3) is 4.61. The van der Waals surface area contributed by atoms with Crippen LogP contribution in [0.1, 0.15) is 54.2 Å². The number of hydrogen-bond donors (Lipinski definition) is 1. The molecule has 1 amide bonds. The van der Waals surface area contributed by atoms with E-state index >= 15 is 0 Å². The van der Waals surface area contributed by atoms with Gasteiger partial charge in [-0.3, -0.25) is 19.5 Å². The van der Waals surface area contributed by atoms with E-state index in [0.29, 0.717) is 38.3 Å². The molecule has 1 N–H and O–H groups in total. The maximum atomic E-state index is 12.9. The SMILES string of the molecule is O=C(C1CCOCC1)N1CCc2nc(C3CCN(Cc4cccnc4)CC3)[nH]c(=O)c2C1. The minimum absolute atomic E-state index is 0.0217. The van der Waals surface area contributed by atoms with E-state index < -0.39 is 0 Å². The topological polar surface area (TPSA) is 91.4 Å². The molecule has 0 unspecified atom stereocenters. The zero-order valence-corrected chi connectivity index (χ0v) is 18.5. The lowest BCUT2D eigenvalue weighted by Crippen LogP contribution is -2.44. The average Bonchev–Trinajstić information content (AvgIpc) is 2.85. The number of carbonyl (C=O) groups is 1. The number of fused-ring (bicyclic) bond motifs is 1. The number of nitrogens with zero attached hydrogens (tertiary/aromatic N) is 4. The Hall–Kier alpha value is -2.58. The molecule has 8 nitrogen and oxygen atoms in total. The first-order chi connectivity index (χ1) is 15.7. The van der Waals surface area contributed by atoms with Crippen molar-refractivity contribution >= 4 is 5.91 Å². The molecule has 0 radical (unpaired) electrons. The Morgan fingerprint density at radius 1 is 1.16 bits per heavy atom. The van der Waals surface area contributed by atoms with Crippen LogP contribution in [0.2, 0.25) is 0 Å². The van der Waals surface area contributed by atoms with E-state index in [9.17, 15) is 9.59 Å². The molecular formula is C24H31N5O3. The second kappa shape index (κ2) is 9.50. The van der Waals surface area contributed by atoms with Gasteiger partial charge in [-0.25, -0.2) is 4.98 Å². The van der Waals surface area contributed by atoms with Gasteiger partial charge in [0, 0.05) is 57.0 Å². The minimum Gasteiger partial charge on any atom is -0.381 e. The number of H-pyrrole nitrogens is 1. The molecule has 3 aliphatic rings. The Bertz CT molecular complexity index is 994. The number of rotatable bonds is 4. The van der Waals surface area contributed by atoms with Crippen molar-refractivity contribution in [2.24, 2.45) is 5.92 Å². The maximum Gasteiger partial charge on any atom is 0.256 e. The number of aromatic amines is 1. The van der Waals surface area contributed by atoms with Crippen molar-refractivity contribution in [2.45, 2.75) is 51.1 Å². The fourth-order valence-corrected chi connectivity index (χ4v) is 5.14. The van der Waals surface area contributed by atoms with Crippen LogP contribution in [0.25, 0.3) is 0 Å². The second-order valence-electron chi connectivity index (χ2n) is 9.18. The summed E-state index contributed by atoms with van der Waals surface area (Å²) in [7, 11) is 0. The van der Waals surface area contributed by atoms with Crippen LogP contribution in [0.4, 0.5) is 0 Å². The van der Waals surface area contributed by atoms with E-state index in [-0.39, 0.29) is 23.3 Å². The van der Waals surface area contributed by atoms with Gasteiger partial charge >= 0.3 is 0 Å². The second-order valence-corrected chi connectivity index (χ2v) is 9.18. The van der Waals surface area contributed by atoms with Gasteiger partial charge in [-0.05, 0) is 50.4 Å². The normalized spacial score (nSPS) is 20.8.